The Labute approximate surface area is 107 Å². The molecule has 1 aliphatic rings. The molecule has 3 nitrogen and oxygen atoms in total. The van der Waals surface area contributed by atoms with Gasteiger partial charge in [-0.1, -0.05) is 6.92 Å². The first-order valence-corrected chi connectivity index (χ1v) is 6.67. The number of hydrogen-bond acceptors (Lipinski definition) is 2. The second-order valence-electron chi connectivity index (χ2n) is 4.54. The van der Waals surface area contributed by atoms with Gasteiger partial charge < -0.3 is 10.1 Å². The quantitative estimate of drug-likeness (QED) is 0.777. The van der Waals surface area contributed by atoms with Gasteiger partial charge in [0.1, 0.15) is 5.60 Å². The van der Waals surface area contributed by atoms with Gasteiger partial charge in [-0.05, 0) is 26.2 Å². The van der Waals surface area contributed by atoms with Crippen molar-refractivity contribution in [2.45, 2.75) is 44.2 Å². The van der Waals surface area contributed by atoms with Gasteiger partial charge in [0.15, 0.2) is 0 Å². The standard InChI is InChI=1S/C11H19Cl2NO2/c1-3-11(7-12,8-13)14-9(15)10(2)5-4-6-16-10/h3-8H2,1-2H3,(H,14,15). The van der Waals surface area contributed by atoms with Crippen LogP contribution in [0.4, 0.5) is 0 Å². The summed E-state index contributed by atoms with van der Waals surface area (Å²) in [6, 6.07) is 0. The van der Waals surface area contributed by atoms with Gasteiger partial charge in [-0.3, -0.25) is 4.79 Å². The molecule has 0 aliphatic carbocycles. The maximum absolute atomic E-state index is 12.1. The van der Waals surface area contributed by atoms with Gasteiger partial charge in [0.05, 0.1) is 5.54 Å². The molecular formula is C11H19Cl2NO2. The van der Waals surface area contributed by atoms with Crippen LogP contribution in [0.2, 0.25) is 0 Å². The normalized spacial score (nSPS) is 25.8. The van der Waals surface area contributed by atoms with Gasteiger partial charge in [0, 0.05) is 18.4 Å². The Hall–Kier alpha value is 0.01000. The predicted octanol–water partition coefficient (Wildman–Crippen LogP) is 2.30. The molecule has 1 unspecified atom stereocenters. The lowest BCUT2D eigenvalue weighted by molar-refractivity contribution is -0.141. The fourth-order valence-corrected chi connectivity index (χ4v) is 2.51. The first-order valence-electron chi connectivity index (χ1n) is 5.60. The summed E-state index contributed by atoms with van der Waals surface area (Å²) in [4.78, 5) is 12.1. The van der Waals surface area contributed by atoms with Crippen LogP contribution in [0.3, 0.4) is 0 Å². The number of carbonyl (C=O) groups is 1. The average molecular weight is 268 g/mol. The van der Waals surface area contributed by atoms with E-state index in [1.54, 1.807) is 0 Å². The van der Waals surface area contributed by atoms with Gasteiger partial charge in [-0.25, -0.2) is 0 Å². The number of ether oxygens (including phenoxy) is 1. The minimum Gasteiger partial charge on any atom is -0.365 e. The molecule has 0 radical (unpaired) electrons. The molecule has 1 saturated heterocycles. The van der Waals surface area contributed by atoms with Crippen molar-refractivity contribution in [1.29, 1.82) is 0 Å². The zero-order chi connectivity index (χ0) is 12.2. The van der Waals surface area contributed by atoms with Gasteiger partial charge in [0.25, 0.3) is 5.91 Å². The molecule has 0 bridgehead atoms. The number of hydrogen-bond donors (Lipinski definition) is 1. The van der Waals surface area contributed by atoms with Crippen LogP contribution in [0.15, 0.2) is 0 Å². The molecule has 1 atom stereocenters. The highest BCUT2D eigenvalue weighted by molar-refractivity contribution is 6.22. The summed E-state index contributed by atoms with van der Waals surface area (Å²) in [6.07, 6.45) is 2.38. The van der Waals surface area contributed by atoms with Crippen LogP contribution < -0.4 is 5.32 Å². The van der Waals surface area contributed by atoms with Gasteiger partial charge in [0.2, 0.25) is 0 Å². The van der Waals surface area contributed by atoms with E-state index >= 15 is 0 Å². The maximum atomic E-state index is 12.1. The first kappa shape index (κ1) is 14.1. The molecule has 1 heterocycles. The highest BCUT2D eigenvalue weighted by atomic mass is 35.5. The van der Waals surface area contributed by atoms with Crippen molar-refractivity contribution in [2.24, 2.45) is 0 Å². The Morgan fingerprint density at radius 3 is 2.50 bits per heavy atom. The number of rotatable bonds is 5. The lowest BCUT2D eigenvalue weighted by Gasteiger charge is -2.33. The summed E-state index contributed by atoms with van der Waals surface area (Å²) in [6.45, 7) is 4.42. The van der Waals surface area contributed by atoms with E-state index in [-0.39, 0.29) is 5.91 Å². The van der Waals surface area contributed by atoms with Gasteiger partial charge >= 0.3 is 0 Å². The molecule has 1 aliphatic heterocycles. The van der Waals surface area contributed by atoms with Crippen molar-refractivity contribution in [2.75, 3.05) is 18.4 Å². The van der Waals surface area contributed by atoms with Crippen LogP contribution in [0.25, 0.3) is 0 Å². The highest BCUT2D eigenvalue weighted by Crippen LogP contribution is 2.27. The molecule has 1 fully saturated rings. The van der Waals surface area contributed by atoms with Crippen molar-refractivity contribution < 1.29 is 9.53 Å². The van der Waals surface area contributed by atoms with Crippen molar-refractivity contribution in [3.05, 3.63) is 0 Å². The van der Waals surface area contributed by atoms with Crippen LogP contribution in [-0.4, -0.2) is 35.4 Å². The average Bonchev–Trinajstić information content (AvgIpc) is 2.74. The molecule has 1 amide bonds. The second-order valence-corrected chi connectivity index (χ2v) is 5.07. The molecule has 1 rings (SSSR count). The Kier molecular flexibility index (Phi) is 4.89. The Morgan fingerprint density at radius 1 is 1.50 bits per heavy atom. The van der Waals surface area contributed by atoms with Crippen molar-refractivity contribution in [3.63, 3.8) is 0 Å². The number of amides is 1. The van der Waals surface area contributed by atoms with Crippen LogP contribution in [0.5, 0.6) is 0 Å². The Balaban J connectivity index is 2.68. The second kappa shape index (κ2) is 5.56. The Bertz CT molecular complexity index is 240. The fourth-order valence-electron chi connectivity index (χ4n) is 1.71. The van der Waals surface area contributed by atoms with E-state index in [1.807, 2.05) is 13.8 Å². The number of alkyl halides is 2. The molecule has 94 valence electrons. The smallest absolute Gasteiger partial charge is 0.252 e. The minimum absolute atomic E-state index is 0.104. The molecule has 0 saturated carbocycles. The van der Waals surface area contributed by atoms with E-state index in [2.05, 4.69) is 5.32 Å². The van der Waals surface area contributed by atoms with E-state index in [0.717, 1.165) is 12.8 Å². The highest BCUT2D eigenvalue weighted by Gasteiger charge is 2.41. The van der Waals surface area contributed by atoms with E-state index < -0.39 is 11.1 Å². The molecule has 5 heteroatoms. The summed E-state index contributed by atoms with van der Waals surface area (Å²) >= 11 is 11.8. The largest absolute Gasteiger partial charge is 0.365 e. The molecule has 0 aromatic heterocycles. The topological polar surface area (TPSA) is 38.3 Å². The zero-order valence-corrected chi connectivity index (χ0v) is 11.3. The van der Waals surface area contributed by atoms with E-state index in [4.69, 9.17) is 27.9 Å². The van der Waals surface area contributed by atoms with E-state index in [9.17, 15) is 4.79 Å². The van der Waals surface area contributed by atoms with E-state index in [1.165, 1.54) is 0 Å². The summed E-state index contributed by atoms with van der Waals surface area (Å²) in [7, 11) is 0. The minimum atomic E-state index is -0.710. The van der Waals surface area contributed by atoms with E-state index in [0.29, 0.717) is 24.8 Å². The van der Waals surface area contributed by atoms with Crippen LogP contribution >= 0.6 is 23.2 Å². The Morgan fingerprint density at radius 2 is 2.12 bits per heavy atom. The first-order chi connectivity index (χ1) is 7.52. The third-order valence-electron chi connectivity index (χ3n) is 3.27. The molecule has 1 N–H and O–H groups in total. The van der Waals surface area contributed by atoms with Crippen LogP contribution in [0, 0.1) is 0 Å². The molecule has 0 spiro atoms. The van der Waals surface area contributed by atoms with Crippen LogP contribution in [-0.2, 0) is 9.53 Å². The summed E-state index contributed by atoms with van der Waals surface area (Å²) in [5.41, 5.74) is -1.23. The lowest BCUT2D eigenvalue weighted by Crippen LogP contribution is -2.57. The van der Waals surface area contributed by atoms with Crippen molar-refractivity contribution >= 4 is 29.1 Å². The van der Waals surface area contributed by atoms with Crippen molar-refractivity contribution in [1.82, 2.24) is 5.32 Å². The molecule has 0 aromatic carbocycles. The van der Waals surface area contributed by atoms with Gasteiger partial charge in [-0.15, -0.1) is 23.2 Å². The third-order valence-corrected chi connectivity index (χ3v) is 4.29. The summed E-state index contributed by atoms with van der Waals surface area (Å²) < 4.78 is 5.48. The summed E-state index contributed by atoms with van der Waals surface area (Å²) in [5.74, 6) is 0.525. The number of nitrogens with one attached hydrogen (secondary N) is 1. The predicted molar refractivity (Wildman–Crippen MR) is 66.2 cm³/mol. The SMILES string of the molecule is CCC(CCl)(CCl)NC(=O)C1(C)CCCO1. The number of carbonyl (C=O) groups excluding carboxylic acids is 1. The monoisotopic (exact) mass is 267 g/mol. The summed E-state index contributed by atoms with van der Waals surface area (Å²) in [5, 5.41) is 2.93. The molecule has 0 aromatic rings. The zero-order valence-electron chi connectivity index (χ0n) is 9.82. The number of halogens is 2. The molecular weight excluding hydrogens is 249 g/mol. The van der Waals surface area contributed by atoms with Gasteiger partial charge in [-0.2, -0.15) is 0 Å². The lowest BCUT2D eigenvalue weighted by atomic mass is 9.96. The van der Waals surface area contributed by atoms with Crippen molar-refractivity contribution in [3.8, 4) is 0 Å². The third kappa shape index (κ3) is 2.82. The fraction of sp³-hybridized carbons (Fsp3) is 0.909. The molecule has 16 heavy (non-hydrogen) atoms. The maximum Gasteiger partial charge on any atom is 0.252 e. The van der Waals surface area contributed by atoms with Crippen LogP contribution in [0.1, 0.15) is 33.1 Å².